The van der Waals surface area contributed by atoms with Gasteiger partial charge in [0.25, 0.3) is 5.91 Å². The fraction of sp³-hybridized carbons (Fsp3) is 0.632. The number of carbonyl (C=O) groups is 3. The van der Waals surface area contributed by atoms with E-state index >= 15 is 0 Å². The van der Waals surface area contributed by atoms with E-state index in [1.54, 1.807) is 17.0 Å². The highest BCUT2D eigenvalue weighted by Gasteiger charge is 2.48. The summed E-state index contributed by atoms with van der Waals surface area (Å²) in [7, 11) is 0. The van der Waals surface area contributed by atoms with Crippen LogP contribution < -0.4 is 5.32 Å². The molecular weight excluding hydrogens is 336 g/mol. The summed E-state index contributed by atoms with van der Waals surface area (Å²) in [4.78, 5) is 39.4. The van der Waals surface area contributed by atoms with Gasteiger partial charge < -0.3 is 19.4 Å². The van der Waals surface area contributed by atoms with Crippen molar-refractivity contribution in [2.75, 3.05) is 13.2 Å². The molecule has 1 saturated carbocycles. The number of Topliss-reactive ketones (excluding diaryl/α,β-unsaturated/α-hetero) is 1. The van der Waals surface area contributed by atoms with E-state index in [1.165, 1.54) is 19.1 Å². The molecule has 3 heterocycles. The number of nitrogens with one attached hydrogen (secondary N) is 1. The van der Waals surface area contributed by atoms with Gasteiger partial charge in [0.15, 0.2) is 11.5 Å². The van der Waals surface area contributed by atoms with E-state index in [1.807, 2.05) is 0 Å². The lowest BCUT2D eigenvalue weighted by Gasteiger charge is -2.28. The molecule has 2 aliphatic heterocycles. The van der Waals surface area contributed by atoms with E-state index in [0.29, 0.717) is 25.3 Å². The summed E-state index contributed by atoms with van der Waals surface area (Å²) in [6.45, 7) is 0.572. The second-order valence-corrected chi connectivity index (χ2v) is 7.47. The zero-order valence-electron chi connectivity index (χ0n) is 14.7. The van der Waals surface area contributed by atoms with Gasteiger partial charge >= 0.3 is 0 Å². The number of fused-ring (bicyclic) bond motifs is 1. The first-order valence-corrected chi connectivity index (χ1v) is 9.42. The Balaban J connectivity index is 1.50. The van der Waals surface area contributed by atoms with Gasteiger partial charge in [0.1, 0.15) is 18.7 Å². The van der Waals surface area contributed by atoms with Crippen LogP contribution in [0, 0.1) is 5.92 Å². The summed E-state index contributed by atoms with van der Waals surface area (Å²) < 4.78 is 10.6. The second-order valence-electron chi connectivity index (χ2n) is 7.47. The molecule has 3 fully saturated rings. The molecule has 3 unspecified atom stereocenters. The zero-order valence-corrected chi connectivity index (χ0v) is 14.7. The molecule has 7 heteroatoms. The van der Waals surface area contributed by atoms with Gasteiger partial charge in [0, 0.05) is 6.54 Å². The maximum absolute atomic E-state index is 13.2. The van der Waals surface area contributed by atoms with Crippen LogP contribution in [0.15, 0.2) is 22.8 Å². The number of hydrogen-bond donors (Lipinski definition) is 1. The number of amides is 2. The molecule has 26 heavy (non-hydrogen) atoms. The summed E-state index contributed by atoms with van der Waals surface area (Å²) >= 11 is 0. The predicted octanol–water partition coefficient (Wildman–Crippen LogP) is 1.53. The molecular formula is C19H24N2O5. The van der Waals surface area contributed by atoms with Crippen LogP contribution in [0.5, 0.6) is 0 Å². The molecule has 3 atom stereocenters. The Morgan fingerprint density at radius 2 is 2.08 bits per heavy atom. The van der Waals surface area contributed by atoms with Crippen LogP contribution in [0.2, 0.25) is 0 Å². The molecule has 1 aliphatic carbocycles. The topological polar surface area (TPSA) is 88.9 Å². The molecule has 3 aliphatic rings. The molecule has 2 amide bonds. The number of furan rings is 1. The van der Waals surface area contributed by atoms with Crippen LogP contribution in [-0.4, -0.2) is 53.8 Å². The molecule has 1 N–H and O–H groups in total. The largest absolute Gasteiger partial charge is 0.459 e. The minimum Gasteiger partial charge on any atom is -0.459 e. The Hall–Kier alpha value is -2.15. The van der Waals surface area contributed by atoms with Gasteiger partial charge in [-0.05, 0) is 30.9 Å². The van der Waals surface area contributed by atoms with Crippen LogP contribution in [0.3, 0.4) is 0 Å². The van der Waals surface area contributed by atoms with Crippen LogP contribution in [0.4, 0.5) is 0 Å². The van der Waals surface area contributed by atoms with E-state index in [2.05, 4.69) is 5.32 Å². The molecule has 1 aromatic heterocycles. The summed E-state index contributed by atoms with van der Waals surface area (Å²) in [6, 6.07) is 2.09. The number of hydrogen-bond acceptors (Lipinski definition) is 5. The number of rotatable bonds is 5. The van der Waals surface area contributed by atoms with Gasteiger partial charge in [-0.3, -0.25) is 14.4 Å². The SMILES string of the molecule is O=C(NC(CC1CCCC1)C(=O)N1CCC2OCC(=O)C21)c1ccco1. The molecule has 0 spiro atoms. The second kappa shape index (κ2) is 7.23. The minimum atomic E-state index is -0.636. The van der Waals surface area contributed by atoms with Gasteiger partial charge in [-0.25, -0.2) is 0 Å². The predicted molar refractivity (Wildman–Crippen MR) is 91.4 cm³/mol. The van der Waals surface area contributed by atoms with E-state index in [0.717, 1.165) is 12.8 Å². The summed E-state index contributed by atoms with van der Waals surface area (Å²) in [5.41, 5.74) is 0. The highest BCUT2D eigenvalue weighted by Crippen LogP contribution is 2.31. The number of nitrogens with zero attached hydrogens (tertiary/aromatic N) is 1. The lowest BCUT2D eigenvalue weighted by atomic mass is 9.97. The van der Waals surface area contributed by atoms with Crippen LogP contribution in [0.25, 0.3) is 0 Å². The van der Waals surface area contributed by atoms with Crippen molar-refractivity contribution in [1.29, 1.82) is 0 Å². The summed E-state index contributed by atoms with van der Waals surface area (Å²) in [6.07, 6.45) is 7.00. The van der Waals surface area contributed by atoms with Crippen molar-refractivity contribution in [3.8, 4) is 0 Å². The van der Waals surface area contributed by atoms with E-state index < -0.39 is 18.0 Å². The van der Waals surface area contributed by atoms with E-state index in [4.69, 9.17) is 9.15 Å². The van der Waals surface area contributed by atoms with Gasteiger partial charge in [-0.1, -0.05) is 25.7 Å². The van der Waals surface area contributed by atoms with Crippen LogP contribution in [0.1, 0.15) is 49.1 Å². The van der Waals surface area contributed by atoms with Crippen molar-refractivity contribution in [3.63, 3.8) is 0 Å². The fourth-order valence-electron chi connectivity index (χ4n) is 4.48. The Morgan fingerprint density at radius 3 is 2.81 bits per heavy atom. The first kappa shape index (κ1) is 17.3. The Labute approximate surface area is 152 Å². The maximum Gasteiger partial charge on any atom is 0.287 e. The smallest absolute Gasteiger partial charge is 0.287 e. The number of carbonyl (C=O) groups excluding carboxylic acids is 3. The van der Waals surface area contributed by atoms with Crippen molar-refractivity contribution in [2.24, 2.45) is 5.92 Å². The minimum absolute atomic E-state index is 0.0437. The molecule has 1 aromatic rings. The van der Waals surface area contributed by atoms with Crippen molar-refractivity contribution in [3.05, 3.63) is 24.2 Å². The first-order valence-electron chi connectivity index (χ1n) is 9.42. The van der Waals surface area contributed by atoms with Crippen LogP contribution in [-0.2, 0) is 14.3 Å². The Kier molecular flexibility index (Phi) is 4.80. The number of ether oxygens (including phenoxy) is 1. The molecule has 0 radical (unpaired) electrons. The average molecular weight is 360 g/mol. The Morgan fingerprint density at radius 1 is 1.27 bits per heavy atom. The van der Waals surface area contributed by atoms with Crippen molar-refractivity contribution in [1.82, 2.24) is 10.2 Å². The third-order valence-electron chi connectivity index (χ3n) is 5.79. The first-order chi connectivity index (χ1) is 12.6. The molecule has 0 bridgehead atoms. The quantitative estimate of drug-likeness (QED) is 0.860. The molecule has 2 saturated heterocycles. The Bertz CT molecular complexity index is 680. The molecule has 4 rings (SSSR count). The number of likely N-dealkylation sites (tertiary alicyclic amines) is 1. The highest BCUT2D eigenvalue weighted by atomic mass is 16.5. The van der Waals surface area contributed by atoms with Crippen molar-refractivity contribution >= 4 is 17.6 Å². The van der Waals surface area contributed by atoms with Gasteiger partial charge in [0.05, 0.1) is 12.4 Å². The average Bonchev–Trinajstić information content (AvgIpc) is 3.41. The molecule has 140 valence electrons. The van der Waals surface area contributed by atoms with Gasteiger partial charge in [-0.2, -0.15) is 0 Å². The number of ketones is 1. The maximum atomic E-state index is 13.2. The normalized spacial score (nSPS) is 26.9. The molecule has 0 aromatic carbocycles. The van der Waals surface area contributed by atoms with Crippen LogP contribution >= 0.6 is 0 Å². The monoisotopic (exact) mass is 360 g/mol. The third kappa shape index (κ3) is 3.28. The summed E-state index contributed by atoms with van der Waals surface area (Å²) in [5, 5.41) is 2.84. The van der Waals surface area contributed by atoms with E-state index in [9.17, 15) is 14.4 Å². The third-order valence-corrected chi connectivity index (χ3v) is 5.79. The van der Waals surface area contributed by atoms with Gasteiger partial charge in [-0.15, -0.1) is 0 Å². The lowest BCUT2D eigenvalue weighted by molar-refractivity contribution is -0.138. The van der Waals surface area contributed by atoms with E-state index in [-0.39, 0.29) is 30.2 Å². The zero-order chi connectivity index (χ0) is 18.1. The molecule has 7 nitrogen and oxygen atoms in total. The van der Waals surface area contributed by atoms with Crippen molar-refractivity contribution in [2.45, 2.75) is 56.7 Å². The fourth-order valence-corrected chi connectivity index (χ4v) is 4.48. The standard InChI is InChI=1S/C19H24N2O5/c22-14-11-26-15-7-8-21(17(14)15)19(24)13(10-12-4-1-2-5-12)20-18(23)16-6-3-9-25-16/h3,6,9,12-13,15,17H,1-2,4-5,7-8,10-11H2,(H,20,23). The lowest BCUT2D eigenvalue weighted by Crippen LogP contribution is -2.52. The summed E-state index contributed by atoms with van der Waals surface area (Å²) in [5.74, 6) is 0.000605. The highest BCUT2D eigenvalue weighted by molar-refractivity contribution is 5.98. The van der Waals surface area contributed by atoms with Crippen molar-refractivity contribution < 1.29 is 23.5 Å². The van der Waals surface area contributed by atoms with Gasteiger partial charge in [0.2, 0.25) is 5.91 Å².